The Morgan fingerprint density at radius 3 is 2.48 bits per heavy atom. The molecule has 0 aliphatic rings. The predicted octanol–water partition coefficient (Wildman–Crippen LogP) is 2.56. The first-order valence-electron chi connectivity index (χ1n) is 7.94. The van der Waals surface area contributed by atoms with Crippen molar-refractivity contribution < 1.29 is 24.2 Å². The lowest BCUT2D eigenvalue weighted by atomic mass is 10.1. The Hall–Kier alpha value is -2.86. The number of carbonyl (C=O) groups excluding carboxylic acids is 2. The van der Waals surface area contributed by atoms with Gasteiger partial charge in [-0.15, -0.1) is 0 Å². The minimum Gasteiger partial charge on any atom is -0.504 e. The first kappa shape index (κ1) is 18.5. The van der Waals surface area contributed by atoms with Crippen molar-refractivity contribution in [3.05, 3.63) is 54.1 Å². The van der Waals surface area contributed by atoms with Gasteiger partial charge in [-0.05, 0) is 30.3 Å². The summed E-state index contributed by atoms with van der Waals surface area (Å²) in [6.07, 6.45) is 0. The monoisotopic (exact) mass is 343 g/mol. The molecule has 2 rings (SSSR count). The van der Waals surface area contributed by atoms with E-state index in [1.54, 1.807) is 24.3 Å². The highest BCUT2D eigenvalue weighted by atomic mass is 16.6. The zero-order valence-electron chi connectivity index (χ0n) is 14.2. The van der Waals surface area contributed by atoms with Crippen LogP contribution < -0.4 is 14.8 Å². The molecule has 0 fully saturated rings. The van der Waals surface area contributed by atoms with Crippen LogP contribution in [-0.2, 0) is 4.79 Å². The molecular formula is C19H21NO5. The molecule has 2 N–H and O–H groups in total. The second-order valence-electron chi connectivity index (χ2n) is 5.72. The van der Waals surface area contributed by atoms with Crippen LogP contribution in [0.5, 0.6) is 17.2 Å². The molecule has 0 atom stereocenters. The second kappa shape index (κ2) is 8.84. The molecule has 0 amide bonds. The fraction of sp³-hybridized carbons (Fsp3) is 0.263. The van der Waals surface area contributed by atoms with E-state index in [0.717, 1.165) is 0 Å². The molecular weight excluding hydrogens is 322 g/mol. The van der Waals surface area contributed by atoms with Crippen LogP contribution in [-0.4, -0.2) is 36.1 Å². The van der Waals surface area contributed by atoms with Crippen molar-refractivity contribution in [2.45, 2.75) is 19.9 Å². The van der Waals surface area contributed by atoms with Crippen LogP contribution >= 0.6 is 0 Å². The van der Waals surface area contributed by atoms with Crippen molar-refractivity contribution in [1.82, 2.24) is 5.32 Å². The molecule has 0 aliphatic heterocycles. The Labute approximate surface area is 146 Å². The van der Waals surface area contributed by atoms with Crippen molar-refractivity contribution >= 4 is 11.8 Å². The van der Waals surface area contributed by atoms with Gasteiger partial charge >= 0.3 is 5.97 Å². The van der Waals surface area contributed by atoms with Gasteiger partial charge in [0.2, 0.25) is 0 Å². The topological polar surface area (TPSA) is 84.9 Å². The third-order valence-electron chi connectivity index (χ3n) is 3.28. The van der Waals surface area contributed by atoms with E-state index >= 15 is 0 Å². The van der Waals surface area contributed by atoms with E-state index in [9.17, 15) is 14.7 Å². The number of rotatable bonds is 8. The molecule has 25 heavy (non-hydrogen) atoms. The van der Waals surface area contributed by atoms with Gasteiger partial charge in [-0.2, -0.15) is 0 Å². The predicted molar refractivity (Wildman–Crippen MR) is 93.1 cm³/mol. The maximum atomic E-state index is 12.0. The standard InChI is InChI=1S/C19H21NO5/c1-13(2)20-11-17(22)14-8-9-18(16(21)10-14)25-19(23)12-24-15-6-4-3-5-7-15/h3-10,13,20-21H,11-12H2,1-2H3. The summed E-state index contributed by atoms with van der Waals surface area (Å²) < 4.78 is 10.3. The van der Waals surface area contributed by atoms with Crippen molar-refractivity contribution in [1.29, 1.82) is 0 Å². The van der Waals surface area contributed by atoms with Crippen molar-refractivity contribution in [3.63, 3.8) is 0 Å². The SMILES string of the molecule is CC(C)NCC(=O)c1ccc(OC(=O)COc2ccccc2)c(O)c1. The molecule has 132 valence electrons. The first-order valence-corrected chi connectivity index (χ1v) is 7.94. The van der Waals surface area contributed by atoms with Crippen LogP contribution in [0.15, 0.2) is 48.5 Å². The Morgan fingerprint density at radius 2 is 1.84 bits per heavy atom. The average molecular weight is 343 g/mol. The first-order chi connectivity index (χ1) is 12.0. The van der Waals surface area contributed by atoms with Crippen molar-refractivity contribution in [2.75, 3.05) is 13.2 Å². The van der Waals surface area contributed by atoms with Gasteiger partial charge < -0.3 is 19.9 Å². The number of nitrogens with one attached hydrogen (secondary N) is 1. The number of esters is 1. The summed E-state index contributed by atoms with van der Waals surface area (Å²) in [5, 5.41) is 13.0. The molecule has 0 aromatic heterocycles. The zero-order valence-corrected chi connectivity index (χ0v) is 14.2. The van der Waals surface area contributed by atoms with Crippen LogP contribution in [0.25, 0.3) is 0 Å². The number of hydrogen-bond donors (Lipinski definition) is 2. The number of para-hydroxylation sites is 1. The molecule has 0 unspecified atom stereocenters. The Balaban J connectivity index is 1.91. The lowest BCUT2D eigenvalue weighted by Gasteiger charge is -2.10. The summed E-state index contributed by atoms with van der Waals surface area (Å²) in [5.41, 5.74) is 0.339. The van der Waals surface area contributed by atoms with Crippen LogP contribution in [0.2, 0.25) is 0 Å². The van der Waals surface area contributed by atoms with Crippen molar-refractivity contribution in [3.8, 4) is 17.2 Å². The molecule has 0 saturated heterocycles. The number of ketones is 1. The van der Waals surface area contributed by atoms with E-state index in [1.807, 2.05) is 19.9 Å². The molecule has 6 nitrogen and oxygen atoms in total. The number of hydrogen-bond acceptors (Lipinski definition) is 6. The molecule has 2 aromatic rings. The van der Waals surface area contributed by atoms with E-state index in [0.29, 0.717) is 11.3 Å². The summed E-state index contributed by atoms with van der Waals surface area (Å²) in [5.74, 6) is -0.560. The molecule has 0 spiro atoms. The maximum absolute atomic E-state index is 12.0. The minimum atomic E-state index is -0.653. The van der Waals surface area contributed by atoms with Gasteiger partial charge in [0.1, 0.15) is 5.75 Å². The van der Waals surface area contributed by atoms with Gasteiger partial charge in [0, 0.05) is 11.6 Å². The molecule has 2 aromatic carbocycles. The highest BCUT2D eigenvalue weighted by molar-refractivity contribution is 5.98. The Morgan fingerprint density at radius 1 is 1.12 bits per heavy atom. The molecule has 6 heteroatoms. The highest BCUT2D eigenvalue weighted by Crippen LogP contribution is 2.27. The van der Waals surface area contributed by atoms with Gasteiger partial charge in [0.25, 0.3) is 0 Å². The summed E-state index contributed by atoms with van der Waals surface area (Å²) >= 11 is 0. The van der Waals surface area contributed by atoms with Gasteiger partial charge in [-0.25, -0.2) is 4.79 Å². The van der Waals surface area contributed by atoms with E-state index in [2.05, 4.69) is 5.32 Å². The van der Waals surface area contributed by atoms with E-state index in [-0.39, 0.29) is 36.5 Å². The van der Waals surface area contributed by atoms with E-state index < -0.39 is 5.97 Å². The third kappa shape index (κ3) is 5.93. The smallest absolute Gasteiger partial charge is 0.349 e. The van der Waals surface area contributed by atoms with Crippen LogP contribution in [0.4, 0.5) is 0 Å². The number of phenolic OH excluding ortho intramolecular Hbond substituents is 1. The van der Waals surface area contributed by atoms with Crippen LogP contribution in [0.1, 0.15) is 24.2 Å². The number of carbonyl (C=O) groups is 2. The number of Topliss-reactive ketones (excluding diaryl/α,β-unsaturated/α-hetero) is 1. The van der Waals surface area contributed by atoms with Gasteiger partial charge in [0.15, 0.2) is 23.9 Å². The maximum Gasteiger partial charge on any atom is 0.349 e. The van der Waals surface area contributed by atoms with Gasteiger partial charge in [0.05, 0.1) is 6.54 Å². The summed E-state index contributed by atoms with van der Waals surface area (Å²) in [4.78, 5) is 23.8. The number of phenols is 1. The molecule has 0 aliphatic carbocycles. The van der Waals surface area contributed by atoms with Gasteiger partial charge in [-0.1, -0.05) is 32.0 Å². The fourth-order valence-corrected chi connectivity index (χ4v) is 1.99. The van der Waals surface area contributed by atoms with Gasteiger partial charge in [-0.3, -0.25) is 4.79 Å². The van der Waals surface area contributed by atoms with Crippen LogP contribution in [0.3, 0.4) is 0 Å². The molecule has 0 radical (unpaired) electrons. The van der Waals surface area contributed by atoms with Crippen molar-refractivity contribution in [2.24, 2.45) is 0 Å². The third-order valence-corrected chi connectivity index (χ3v) is 3.28. The fourth-order valence-electron chi connectivity index (χ4n) is 1.99. The number of aromatic hydroxyl groups is 1. The lowest BCUT2D eigenvalue weighted by molar-refractivity contribution is -0.136. The second-order valence-corrected chi connectivity index (χ2v) is 5.72. The normalized spacial score (nSPS) is 10.5. The summed E-state index contributed by atoms with van der Waals surface area (Å²) in [6, 6.07) is 13.2. The summed E-state index contributed by atoms with van der Waals surface area (Å²) in [6.45, 7) is 3.75. The number of benzene rings is 2. The molecule has 0 saturated carbocycles. The average Bonchev–Trinajstić information content (AvgIpc) is 2.60. The summed E-state index contributed by atoms with van der Waals surface area (Å²) in [7, 11) is 0. The van der Waals surface area contributed by atoms with Crippen LogP contribution in [0, 0.1) is 0 Å². The Bertz CT molecular complexity index is 728. The van der Waals surface area contributed by atoms with E-state index in [1.165, 1.54) is 18.2 Å². The largest absolute Gasteiger partial charge is 0.504 e. The Kier molecular flexibility index (Phi) is 6.54. The number of ether oxygens (including phenoxy) is 2. The quantitative estimate of drug-likeness (QED) is 0.435. The lowest BCUT2D eigenvalue weighted by Crippen LogP contribution is -2.29. The van der Waals surface area contributed by atoms with E-state index in [4.69, 9.17) is 9.47 Å². The molecule has 0 bridgehead atoms. The highest BCUT2D eigenvalue weighted by Gasteiger charge is 2.13. The molecule has 0 heterocycles. The zero-order chi connectivity index (χ0) is 18.2. The minimum absolute atomic E-state index is 0.0185.